The van der Waals surface area contributed by atoms with Gasteiger partial charge in [-0.25, -0.2) is 0 Å². The summed E-state index contributed by atoms with van der Waals surface area (Å²) in [5.41, 5.74) is 0. The molecule has 2 atom stereocenters. The van der Waals surface area contributed by atoms with Gasteiger partial charge in [-0.05, 0) is 25.7 Å². The van der Waals surface area contributed by atoms with Gasteiger partial charge in [0.25, 0.3) is 0 Å². The van der Waals surface area contributed by atoms with Crippen LogP contribution in [0.3, 0.4) is 0 Å². The first-order valence-electron chi connectivity index (χ1n) is 5.19. The summed E-state index contributed by atoms with van der Waals surface area (Å²) < 4.78 is 0. The number of aliphatic hydroxyl groups excluding tert-OH is 2. The molecule has 13 heavy (non-hydrogen) atoms. The Morgan fingerprint density at radius 2 is 1.69 bits per heavy atom. The van der Waals surface area contributed by atoms with Gasteiger partial charge < -0.3 is 10.2 Å². The molecule has 0 aromatic carbocycles. The van der Waals surface area contributed by atoms with Crippen molar-refractivity contribution in [2.24, 2.45) is 0 Å². The van der Waals surface area contributed by atoms with E-state index >= 15 is 0 Å². The smallest absolute Gasteiger partial charge is 0.0799 e. The summed E-state index contributed by atoms with van der Waals surface area (Å²) in [4.78, 5) is 0. The van der Waals surface area contributed by atoms with Crippen molar-refractivity contribution >= 4 is 0 Å². The Balaban J connectivity index is 3.43. The van der Waals surface area contributed by atoms with Gasteiger partial charge in [0, 0.05) is 0 Å². The molecule has 0 aliphatic carbocycles. The molecule has 0 aliphatic rings. The average molecular weight is 186 g/mol. The van der Waals surface area contributed by atoms with E-state index in [2.05, 4.69) is 13.5 Å². The molecule has 2 N–H and O–H groups in total. The Morgan fingerprint density at radius 1 is 1.15 bits per heavy atom. The minimum Gasteiger partial charge on any atom is -0.390 e. The normalized spacial score (nSPS) is 15.3. The lowest BCUT2D eigenvalue weighted by Gasteiger charge is -2.16. The topological polar surface area (TPSA) is 40.5 Å². The summed E-state index contributed by atoms with van der Waals surface area (Å²) in [5, 5.41) is 19.0. The fourth-order valence-electron chi connectivity index (χ4n) is 1.27. The number of rotatable bonds is 8. The molecule has 0 saturated carbocycles. The maximum atomic E-state index is 9.49. The van der Waals surface area contributed by atoms with Crippen molar-refractivity contribution in [3.8, 4) is 0 Å². The summed E-state index contributed by atoms with van der Waals surface area (Å²) >= 11 is 0. The van der Waals surface area contributed by atoms with Gasteiger partial charge >= 0.3 is 0 Å². The standard InChI is InChI=1S/C11H22O2/c1-3-5-7-9-11(13)10(12)8-6-4-2/h3,10-13H,1,4-9H2,2H3/t10-,11-/m1/s1. The third-order valence-corrected chi connectivity index (χ3v) is 2.21. The Kier molecular flexibility index (Phi) is 8.05. The van der Waals surface area contributed by atoms with Gasteiger partial charge in [-0.15, -0.1) is 6.58 Å². The fraction of sp³-hybridized carbons (Fsp3) is 0.818. The van der Waals surface area contributed by atoms with Crippen molar-refractivity contribution in [2.45, 2.75) is 57.7 Å². The molecule has 0 fully saturated rings. The monoisotopic (exact) mass is 186 g/mol. The predicted octanol–water partition coefficient (Wildman–Crippen LogP) is 2.25. The molecular formula is C11H22O2. The molecule has 0 heterocycles. The summed E-state index contributed by atoms with van der Waals surface area (Å²) in [5.74, 6) is 0. The van der Waals surface area contributed by atoms with E-state index in [1.165, 1.54) is 0 Å². The minimum atomic E-state index is -0.550. The van der Waals surface area contributed by atoms with Crippen LogP contribution in [0.15, 0.2) is 12.7 Å². The van der Waals surface area contributed by atoms with Gasteiger partial charge in [0.2, 0.25) is 0 Å². The summed E-state index contributed by atoms with van der Waals surface area (Å²) in [6.07, 6.45) is 6.02. The first-order valence-corrected chi connectivity index (χ1v) is 5.19. The second-order valence-corrected chi connectivity index (χ2v) is 3.50. The molecule has 0 aromatic rings. The van der Waals surface area contributed by atoms with Crippen molar-refractivity contribution in [3.05, 3.63) is 12.7 Å². The molecule has 0 spiro atoms. The van der Waals surface area contributed by atoms with Crippen molar-refractivity contribution < 1.29 is 10.2 Å². The van der Waals surface area contributed by atoms with E-state index in [1.807, 2.05) is 6.08 Å². The summed E-state index contributed by atoms with van der Waals surface area (Å²) in [6.45, 7) is 5.69. The molecule has 0 aromatic heterocycles. The molecule has 0 aliphatic heterocycles. The zero-order valence-corrected chi connectivity index (χ0v) is 8.58. The minimum absolute atomic E-state index is 0.537. The molecule has 2 nitrogen and oxygen atoms in total. The van der Waals surface area contributed by atoms with E-state index in [1.54, 1.807) is 0 Å². The molecule has 0 unspecified atom stereocenters. The van der Waals surface area contributed by atoms with Crippen LogP contribution in [0.5, 0.6) is 0 Å². The lowest BCUT2D eigenvalue weighted by Crippen LogP contribution is -2.25. The number of aliphatic hydroxyl groups is 2. The predicted molar refractivity (Wildman–Crippen MR) is 55.6 cm³/mol. The van der Waals surface area contributed by atoms with E-state index in [4.69, 9.17) is 0 Å². The largest absolute Gasteiger partial charge is 0.390 e. The van der Waals surface area contributed by atoms with Gasteiger partial charge in [-0.3, -0.25) is 0 Å². The van der Waals surface area contributed by atoms with Crippen LogP contribution in [0.4, 0.5) is 0 Å². The zero-order valence-electron chi connectivity index (χ0n) is 8.58. The van der Waals surface area contributed by atoms with Crippen LogP contribution in [-0.2, 0) is 0 Å². The highest BCUT2D eigenvalue weighted by atomic mass is 16.3. The van der Waals surface area contributed by atoms with Crippen LogP contribution < -0.4 is 0 Å². The van der Waals surface area contributed by atoms with Crippen molar-refractivity contribution in [3.63, 3.8) is 0 Å². The summed E-state index contributed by atoms with van der Waals surface area (Å²) in [7, 11) is 0. The highest BCUT2D eigenvalue weighted by Crippen LogP contribution is 2.10. The van der Waals surface area contributed by atoms with Gasteiger partial charge in [0.05, 0.1) is 12.2 Å². The van der Waals surface area contributed by atoms with Gasteiger partial charge in [-0.1, -0.05) is 25.8 Å². The molecule has 78 valence electrons. The van der Waals surface area contributed by atoms with Crippen molar-refractivity contribution in [2.75, 3.05) is 0 Å². The van der Waals surface area contributed by atoms with Crippen LogP contribution in [0.2, 0.25) is 0 Å². The Bertz CT molecular complexity index is 123. The van der Waals surface area contributed by atoms with Gasteiger partial charge in [-0.2, -0.15) is 0 Å². The second-order valence-electron chi connectivity index (χ2n) is 3.50. The van der Waals surface area contributed by atoms with Crippen LogP contribution >= 0.6 is 0 Å². The molecule has 0 bridgehead atoms. The number of allylic oxidation sites excluding steroid dienone is 1. The van der Waals surface area contributed by atoms with Crippen molar-refractivity contribution in [1.29, 1.82) is 0 Å². The van der Waals surface area contributed by atoms with Crippen LogP contribution in [0, 0.1) is 0 Å². The maximum Gasteiger partial charge on any atom is 0.0799 e. The third-order valence-electron chi connectivity index (χ3n) is 2.21. The molecule has 2 heteroatoms. The number of unbranched alkanes of at least 4 members (excludes halogenated alkanes) is 2. The van der Waals surface area contributed by atoms with Crippen LogP contribution in [0.1, 0.15) is 45.4 Å². The molecule has 0 saturated heterocycles. The zero-order chi connectivity index (χ0) is 10.1. The quantitative estimate of drug-likeness (QED) is 0.451. The average Bonchev–Trinajstić information content (AvgIpc) is 2.14. The number of hydrogen-bond donors (Lipinski definition) is 2. The maximum absolute atomic E-state index is 9.49. The molecular weight excluding hydrogens is 164 g/mol. The third kappa shape index (κ3) is 6.79. The molecule has 0 radical (unpaired) electrons. The molecule has 0 rings (SSSR count). The lowest BCUT2D eigenvalue weighted by molar-refractivity contribution is 0.00788. The van der Waals surface area contributed by atoms with E-state index in [9.17, 15) is 10.2 Å². The number of hydrogen-bond acceptors (Lipinski definition) is 2. The van der Waals surface area contributed by atoms with Gasteiger partial charge in [0.15, 0.2) is 0 Å². The molecule has 0 amide bonds. The SMILES string of the molecule is C=CCCC[C@@H](O)[C@H](O)CCCC. The Morgan fingerprint density at radius 3 is 2.15 bits per heavy atom. The first kappa shape index (κ1) is 12.7. The van der Waals surface area contributed by atoms with Gasteiger partial charge in [0.1, 0.15) is 0 Å². The fourth-order valence-corrected chi connectivity index (χ4v) is 1.27. The Hall–Kier alpha value is -0.340. The van der Waals surface area contributed by atoms with E-state index in [0.717, 1.165) is 25.7 Å². The van der Waals surface area contributed by atoms with Crippen LogP contribution in [0.25, 0.3) is 0 Å². The van der Waals surface area contributed by atoms with E-state index < -0.39 is 12.2 Å². The summed E-state index contributed by atoms with van der Waals surface area (Å²) in [6, 6.07) is 0. The Labute approximate surface area is 81.3 Å². The highest BCUT2D eigenvalue weighted by molar-refractivity contribution is 4.71. The lowest BCUT2D eigenvalue weighted by atomic mass is 10.0. The first-order chi connectivity index (χ1) is 6.22. The van der Waals surface area contributed by atoms with E-state index in [-0.39, 0.29) is 0 Å². The van der Waals surface area contributed by atoms with Crippen molar-refractivity contribution in [1.82, 2.24) is 0 Å². The second kappa shape index (κ2) is 8.27. The van der Waals surface area contributed by atoms with Crippen LogP contribution in [-0.4, -0.2) is 22.4 Å². The highest BCUT2D eigenvalue weighted by Gasteiger charge is 2.14. The van der Waals surface area contributed by atoms with E-state index in [0.29, 0.717) is 12.8 Å².